The SMILES string of the molecule is CCC1(O)CCc2c(O)c3c(c(O)c2C1C(=O)OC)C(=O)c1cccc(O)c1C3=O. The van der Waals surface area contributed by atoms with Crippen LogP contribution < -0.4 is 0 Å². The van der Waals surface area contributed by atoms with Crippen molar-refractivity contribution < 1.29 is 39.5 Å². The Morgan fingerprint density at radius 2 is 1.77 bits per heavy atom. The fourth-order valence-corrected chi connectivity index (χ4v) is 4.62. The van der Waals surface area contributed by atoms with E-state index in [4.69, 9.17) is 4.74 Å². The number of esters is 1. The van der Waals surface area contributed by atoms with Crippen LogP contribution in [0.25, 0.3) is 0 Å². The van der Waals surface area contributed by atoms with Crippen molar-refractivity contribution in [1.29, 1.82) is 0 Å². The summed E-state index contributed by atoms with van der Waals surface area (Å²) in [6.45, 7) is 1.67. The van der Waals surface area contributed by atoms with Gasteiger partial charge in [0, 0.05) is 16.7 Å². The van der Waals surface area contributed by atoms with Gasteiger partial charge in [-0.1, -0.05) is 19.1 Å². The van der Waals surface area contributed by atoms with Gasteiger partial charge in [-0.05, 0) is 25.3 Å². The fourth-order valence-electron chi connectivity index (χ4n) is 4.62. The summed E-state index contributed by atoms with van der Waals surface area (Å²) in [5, 5.41) is 43.1. The standard InChI is InChI=1S/C22H20O8/c1-3-22(29)8-7-10-13(16(22)21(28)30-2)20(27)15-14(18(10)25)19(26)12-9(17(15)24)5-4-6-11(12)23/h4-6,16,23,25,27,29H,3,7-8H2,1-2H3. The first kappa shape index (κ1) is 19.9. The lowest BCUT2D eigenvalue weighted by Gasteiger charge is -2.40. The van der Waals surface area contributed by atoms with E-state index >= 15 is 0 Å². The smallest absolute Gasteiger partial charge is 0.316 e. The lowest BCUT2D eigenvalue weighted by atomic mass is 9.67. The van der Waals surface area contributed by atoms with E-state index in [1.54, 1.807) is 6.92 Å². The van der Waals surface area contributed by atoms with E-state index < -0.39 is 57.4 Å². The average Bonchev–Trinajstić information content (AvgIpc) is 2.73. The second-order valence-electron chi connectivity index (χ2n) is 7.61. The summed E-state index contributed by atoms with van der Waals surface area (Å²) >= 11 is 0. The topological polar surface area (TPSA) is 141 Å². The molecule has 0 radical (unpaired) electrons. The molecule has 0 aliphatic heterocycles. The van der Waals surface area contributed by atoms with Crippen molar-refractivity contribution >= 4 is 17.5 Å². The Balaban J connectivity index is 2.07. The van der Waals surface area contributed by atoms with Crippen LogP contribution in [0.2, 0.25) is 0 Å². The zero-order valence-electron chi connectivity index (χ0n) is 16.4. The number of ketones is 2. The highest BCUT2D eigenvalue weighted by Crippen LogP contribution is 2.53. The van der Waals surface area contributed by atoms with Crippen molar-refractivity contribution in [3.63, 3.8) is 0 Å². The van der Waals surface area contributed by atoms with Gasteiger partial charge in [0.25, 0.3) is 0 Å². The van der Waals surface area contributed by atoms with Gasteiger partial charge in [0.2, 0.25) is 5.78 Å². The molecule has 4 N–H and O–H groups in total. The molecule has 2 aromatic rings. The molecule has 0 aromatic heterocycles. The van der Waals surface area contributed by atoms with Crippen molar-refractivity contribution in [2.24, 2.45) is 0 Å². The molecule has 0 heterocycles. The van der Waals surface area contributed by atoms with Gasteiger partial charge in [0.1, 0.15) is 23.2 Å². The van der Waals surface area contributed by atoms with Gasteiger partial charge in [-0.2, -0.15) is 0 Å². The first-order valence-electron chi connectivity index (χ1n) is 9.50. The Labute approximate surface area is 171 Å². The van der Waals surface area contributed by atoms with Crippen LogP contribution in [0.15, 0.2) is 18.2 Å². The summed E-state index contributed by atoms with van der Waals surface area (Å²) in [4.78, 5) is 38.8. The molecular formula is C22H20O8. The highest BCUT2D eigenvalue weighted by molar-refractivity contribution is 6.31. The van der Waals surface area contributed by atoms with Gasteiger partial charge in [-0.3, -0.25) is 14.4 Å². The van der Waals surface area contributed by atoms with Crippen LogP contribution in [0.3, 0.4) is 0 Å². The molecule has 0 saturated heterocycles. The molecule has 4 rings (SSSR count). The number of carbonyl (C=O) groups is 3. The van der Waals surface area contributed by atoms with Crippen LogP contribution in [-0.2, 0) is 16.0 Å². The van der Waals surface area contributed by atoms with Crippen molar-refractivity contribution in [3.05, 3.63) is 51.6 Å². The first-order valence-corrected chi connectivity index (χ1v) is 9.50. The van der Waals surface area contributed by atoms with E-state index in [1.165, 1.54) is 18.2 Å². The number of aromatic hydroxyl groups is 3. The molecule has 2 unspecified atom stereocenters. The number of phenols is 3. The minimum atomic E-state index is -1.56. The van der Waals surface area contributed by atoms with Crippen LogP contribution in [0.1, 0.15) is 68.7 Å². The molecule has 0 fully saturated rings. The normalized spacial score (nSPS) is 22.2. The third-order valence-electron chi connectivity index (χ3n) is 6.24. The maximum absolute atomic E-state index is 13.1. The number of ether oxygens (including phenoxy) is 1. The highest BCUT2D eigenvalue weighted by Gasteiger charge is 2.50. The van der Waals surface area contributed by atoms with Gasteiger partial charge in [0.05, 0.1) is 29.4 Å². The van der Waals surface area contributed by atoms with Crippen LogP contribution in [0.5, 0.6) is 17.2 Å². The van der Waals surface area contributed by atoms with Gasteiger partial charge in [-0.15, -0.1) is 0 Å². The quantitative estimate of drug-likeness (QED) is 0.370. The highest BCUT2D eigenvalue weighted by atomic mass is 16.5. The van der Waals surface area contributed by atoms with Crippen LogP contribution in [0, 0.1) is 0 Å². The molecule has 2 aliphatic carbocycles. The number of fused-ring (bicyclic) bond motifs is 3. The minimum Gasteiger partial charge on any atom is -0.507 e. The van der Waals surface area contributed by atoms with Crippen LogP contribution in [0.4, 0.5) is 0 Å². The Hall–Kier alpha value is -3.39. The third kappa shape index (κ3) is 2.40. The number of benzene rings is 2. The molecule has 2 aromatic carbocycles. The number of carbonyl (C=O) groups excluding carboxylic acids is 3. The van der Waals surface area contributed by atoms with E-state index in [9.17, 15) is 34.8 Å². The maximum Gasteiger partial charge on any atom is 0.316 e. The van der Waals surface area contributed by atoms with Gasteiger partial charge in [-0.25, -0.2) is 0 Å². The second-order valence-corrected chi connectivity index (χ2v) is 7.61. The van der Waals surface area contributed by atoms with Gasteiger partial charge < -0.3 is 25.2 Å². The maximum atomic E-state index is 13.1. The molecule has 2 atom stereocenters. The predicted molar refractivity (Wildman–Crippen MR) is 103 cm³/mol. The van der Waals surface area contributed by atoms with E-state index in [-0.39, 0.29) is 41.5 Å². The molecular weight excluding hydrogens is 392 g/mol. The van der Waals surface area contributed by atoms with Gasteiger partial charge in [0.15, 0.2) is 5.78 Å². The molecule has 0 amide bonds. The number of aliphatic hydroxyl groups is 1. The lowest BCUT2D eigenvalue weighted by molar-refractivity contribution is -0.151. The van der Waals surface area contributed by atoms with Crippen molar-refractivity contribution in [2.75, 3.05) is 7.11 Å². The summed E-state index contributed by atoms with van der Waals surface area (Å²) in [6.07, 6.45) is 0.300. The zero-order valence-corrected chi connectivity index (χ0v) is 16.4. The molecule has 30 heavy (non-hydrogen) atoms. The van der Waals surface area contributed by atoms with Crippen LogP contribution in [-0.4, -0.2) is 50.7 Å². The summed E-state index contributed by atoms with van der Waals surface area (Å²) in [6, 6.07) is 3.96. The Morgan fingerprint density at radius 1 is 1.10 bits per heavy atom. The number of rotatable bonds is 2. The molecule has 0 spiro atoms. The molecule has 2 aliphatic rings. The second kappa shape index (κ2) is 6.56. The van der Waals surface area contributed by atoms with E-state index in [1.807, 2.05) is 0 Å². The average molecular weight is 412 g/mol. The van der Waals surface area contributed by atoms with E-state index in [2.05, 4.69) is 0 Å². The number of phenolic OH excluding ortho intramolecular Hbond substituents is 3. The van der Waals surface area contributed by atoms with E-state index in [0.717, 1.165) is 7.11 Å². The lowest BCUT2D eigenvalue weighted by Crippen LogP contribution is -2.44. The summed E-state index contributed by atoms with van der Waals surface area (Å²) < 4.78 is 4.83. The number of methoxy groups -OCH3 is 1. The number of hydrogen-bond donors (Lipinski definition) is 4. The van der Waals surface area contributed by atoms with Crippen molar-refractivity contribution in [3.8, 4) is 17.2 Å². The van der Waals surface area contributed by atoms with Gasteiger partial charge >= 0.3 is 5.97 Å². The Morgan fingerprint density at radius 3 is 2.40 bits per heavy atom. The monoisotopic (exact) mass is 412 g/mol. The molecule has 156 valence electrons. The predicted octanol–water partition coefficient (Wildman–Crippen LogP) is 1.92. The largest absolute Gasteiger partial charge is 0.507 e. The molecule has 8 heteroatoms. The zero-order chi connectivity index (χ0) is 22.0. The Kier molecular flexibility index (Phi) is 4.36. The third-order valence-corrected chi connectivity index (χ3v) is 6.24. The van der Waals surface area contributed by atoms with E-state index in [0.29, 0.717) is 0 Å². The summed E-state index contributed by atoms with van der Waals surface area (Å²) in [7, 11) is 1.13. The summed E-state index contributed by atoms with van der Waals surface area (Å²) in [5.41, 5.74) is -2.83. The first-order chi connectivity index (χ1) is 14.2. The fraction of sp³-hybridized carbons (Fsp3) is 0.318. The minimum absolute atomic E-state index is 0.0644. The molecule has 8 nitrogen and oxygen atoms in total. The Bertz CT molecular complexity index is 1130. The van der Waals surface area contributed by atoms with Crippen LogP contribution >= 0.6 is 0 Å². The van der Waals surface area contributed by atoms with Crippen molar-refractivity contribution in [2.45, 2.75) is 37.7 Å². The number of hydrogen-bond acceptors (Lipinski definition) is 8. The molecule has 0 bridgehead atoms. The summed E-state index contributed by atoms with van der Waals surface area (Å²) in [5.74, 6) is -5.37. The van der Waals surface area contributed by atoms with Crippen molar-refractivity contribution in [1.82, 2.24) is 0 Å². The molecule has 0 saturated carbocycles.